The number of hydrogen-bond acceptors (Lipinski definition) is 4. The standard InChI is InChI=1S/C17H17Cl2N3O2.2ClH/c18-11-5-6-15(14(19)9-11)24-17-13(4-2-8-21-17)16(23)22-10-12-3-1-7-20-12;;/h2,4-6,8-9,12,20H,1,3,7,10H2,(H,22,23);2*1H. The van der Waals surface area contributed by atoms with E-state index in [0.29, 0.717) is 33.9 Å². The third-order valence-corrected chi connectivity index (χ3v) is 4.32. The second-order valence-corrected chi connectivity index (χ2v) is 6.38. The van der Waals surface area contributed by atoms with Gasteiger partial charge < -0.3 is 15.4 Å². The van der Waals surface area contributed by atoms with Crippen LogP contribution < -0.4 is 15.4 Å². The number of carbonyl (C=O) groups is 1. The lowest BCUT2D eigenvalue weighted by Gasteiger charge is -2.13. The highest BCUT2D eigenvalue weighted by atomic mass is 35.5. The van der Waals surface area contributed by atoms with E-state index >= 15 is 0 Å². The van der Waals surface area contributed by atoms with E-state index in [1.54, 1.807) is 36.5 Å². The summed E-state index contributed by atoms with van der Waals surface area (Å²) in [5.74, 6) is 0.377. The number of ether oxygens (including phenoxy) is 1. The van der Waals surface area contributed by atoms with Crippen LogP contribution in [0.15, 0.2) is 36.5 Å². The van der Waals surface area contributed by atoms with Gasteiger partial charge in [-0.25, -0.2) is 4.98 Å². The zero-order valence-electron chi connectivity index (χ0n) is 13.7. The molecule has 1 saturated heterocycles. The molecule has 9 heteroatoms. The van der Waals surface area contributed by atoms with Crippen LogP contribution in [-0.2, 0) is 0 Å². The number of pyridine rings is 1. The molecule has 1 amide bonds. The molecule has 0 aliphatic carbocycles. The van der Waals surface area contributed by atoms with Crippen molar-refractivity contribution in [3.63, 3.8) is 0 Å². The monoisotopic (exact) mass is 437 g/mol. The van der Waals surface area contributed by atoms with Crippen LogP contribution in [0.1, 0.15) is 23.2 Å². The lowest BCUT2D eigenvalue weighted by molar-refractivity contribution is 0.0947. The number of nitrogens with zero attached hydrogens (tertiary/aromatic N) is 1. The van der Waals surface area contributed by atoms with Crippen LogP contribution in [0.4, 0.5) is 0 Å². The molecular weight excluding hydrogens is 420 g/mol. The maximum Gasteiger partial charge on any atom is 0.256 e. The smallest absolute Gasteiger partial charge is 0.256 e. The molecule has 2 N–H and O–H groups in total. The zero-order chi connectivity index (χ0) is 16.9. The normalized spacial score (nSPS) is 15.5. The quantitative estimate of drug-likeness (QED) is 0.720. The second-order valence-electron chi connectivity index (χ2n) is 5.54. The van der Waals surface area contributed by atoms with E-state index in [1.165, 1.54) is 0 Å². The summed E-state index contributed by atoms with van der Waals surface area (Å²) in [6.45, 7) is 1.58. The van der Waals surface area contributed by atoms with Crippen molar-refractivity contribution in [3.8, 4) is 11.6 Å². The lowest BCUT2D eigenvalue weighted by Crippen LogP contribution is -2.37. The van der Waals surface area contributed by atoms with Gasteiger partial charge in [-0.05, 0) is 49.7 Å². The van der Waals surface area contributed by atoms with Crippen LogP contribution in [0, 0.1) is 0 Å². The van der Waals surface area contributed by atoms with Gasteiger partial charge in [0.25, 0.3) is 5.91 Å². The van der Waals surface area contributed by atoms with Crippen molar-refractivity contribution in [2.24, 2.45) is 0 Å². The van der Waals surface area contributed by atoms with Gasteiger partial charge in [0.15, 0.2) is 0 Å². The molecule has 1 aliphatic heterocycles. The van der Waals surface area contributed by atoms with Crippen LogP contribution in [0.3, 0.4) is 0 Å². The van der Waals surface area contributed by atoms with E-state index in [1.807, 2.05) is 0 Å². The van der Waals surface area contributed by atoms with Gasteiger partial charge in [-0.15, -0.1) is 24.8 Å². The summed E-state index contributed by atoms with van der Waals surface area (Å²) in [5.41, 5.74) is 0.363. The maximum absolute atomic E-state index is 12.4. The van der Waals surface area contributed by atoms with Gasteiger partial charge in [0.2, 0.25) is 5.88 Å². The van der Waals surface area contributed by atoms with E-state index in [-0.39, 0.29) is 36.6 Å². The Kier molecular flexibility index (Phi) is 9.47. The molecule has 0 spiro atoms. The van der Waals surface area contributed by atoms with Gasteiger partial charge in [-0.1, -0.05) is 23.2 Å². The van der Waals surface area contributed by atoms with Gasteiger partial charge in [-0.2, -0.15) is 0 Å². The van der Waals surface area contributed by atoms with Crippen molar-refractivity contribution in [2.75, 3.05) is 13.1 Å². The number of benzene rings is 1. The van der Waals surface area contributed by atoms with E-state index in [9.17, 15) is 4.79 Å². The van der Waals surface area contributed by atoms with Gasteiger partial charge in [0, 0.05) is 23.8 Å². The Bertz CT molecular complexity index is 740. The average molecular weight is 439 g/mol. The maximum atomic E-state index is 12.4. The molecule has 1 atom stereocenters. The Hall–Kier alpha value is -1.24. The fourth-order valence-electron chi connectivity index (χ4n) is 2.55. The van der Waals surface area contributed by atoms with E-state index < -0.39 is 0 Å². The molecule has 5 nitrogen and oxygen atoms in total. The van der Waals surface area contributed by atoms with Crippen molar-refractivity contribution in [3.05, 3.63) is 52.1 Å². The summed E-state index contributed by atoms with van der Waals surface area (Å²) < 4.78 is 5.71. The number of hydrogen-bond donors (Lipinski definition) is 2. The van der Waals surface area contributed by atoms with Crippen LogP contribution in [0.2, 0.25) is 10.0 Å². The van der Waals surface area contributed by atoms with Crippen LogP contribution in [0.5, 0.6) is 11.6 Å². The molecule has 0 bridgehead atoms. The first-order valence-corrected chi connectivity index (χ1v) is 8.48. The predicted octanol–water partition coefficient (Wildman–Crippen LogP) is 4.51. The summed E-state index contributed by atoms with van der Waals surface area (Å²) in [5, 5.41) is 7.12. The van der Waals surface area contributed by atoms with Crippen LogP contribution in [0.25, 0.3) is 0 Å². The van der Waals surface area contributed by atoms with Crippen molar-refractivity contribution in [1.82, 2.24) is 15.6 Å². The van der Waals surface area contributed by atoms with Crippen LogP contribution in [-0.4, -0.2) is 30.0 Å². The summed E-state index contributed by atoms with van der Waals surface area (Å²) in [6, 6.07) is 8.57. The van der Waals surface area contributed by atoms with Gasteiger partial charge in [0.1, 0.15) is 11.3 Å². The fourth-order valence-corrected chi connectivity index (χ4v) is 3.00. The highest BCUT2D eigenvalue weighted by molar-refractivity contribution is 6.35. The highest BCUT2D eigenvalue weighted by Gasteiger charge is 2.18. The molecule has 26 heavy (non-hydrogen) atoms. The molecule has 2 heterocycles. The second kappa shape index (κ2) is 10.8. The third-order valence-electron chi connectivity index (χ3n) is 3.79. The van der Waals surface area contributed by atoms with E-state index in [4.69, 9.17) is 27.9 Å². The average Bonchev–Trinajstić information content (AvgIpc) is 3.09. The predicted molar refractivity (Wildman–Crippen MR) is 109 cm³/mol. The largest absolute Gasteiger partial charge is 0.437 e. The van der Waals surface area contributed by atoms with Crippen molar-refractivity contribution in [1.29, 1.82) is 0 Å². The molecule has 0 radical (unpaired) electrons. The Balaban J connectivity index is 0.00000169. The topological polar surface area (TPSA) is 63.2 Å². The highest BCUT2D eigenvalue weighted by Crippen LogP contribution is 2.32. The molecule has 1 aliphatic rings. The number of aromatic nitrogens is 1. The molecule has 2 aromatic rings. The summed E-state index contributed by atoms with van der Waals surface area (Å²) >= 11 is 12.0. The van der Waals surface area contributed by atoms with Gasteiger partial charge >= 0.3 is 0 Å². The summed E-state index contributed by atoms with van der Waals surface area (Å²) in [6.07, 6.45) is 3.77. The minimum atomic E-state index is -0.225. The number of rotatable bonds is 5. The first kappa shape index (κ1) is 22.8. The molecule has 3 rings (SSSR count). The van der Waals surface area contributed by atoms with E-state index in [2.05, 4.69) is 15.6 Å². The number of halogens is 4. The van der Waals surface area contributed by atoms with Gasteiger partial charge in [-0.3, -0.25) is 4.79 Å². The Morgan fingerprint density at radius 1 is 1.31 bits per heavy atom. The minimum Gasteiger partial charge on any atom is -0.437 e. The Morgan fingerprint density at radius 3 is 2.81 bits per heavy atom. The zero-order valence-corrected chi connectivity index (χ0v) is 16.9. The van der Waals surface area contributed by atoms with Crippen molar-refractivity contribution in [2.45, 2.75) is 18.9 Å². The van der Waals surface area contributed by atoms with Crippen molar-refractivity contribution < 1.29 is 9.53 Å². The van der Waals surface area contributed by atoms with Crippen molar-refractivity contribution >= 4 is 53.9 Å². The minimum absolute atomic E-state index is 0. The Morgan fingerprint density at radius 2 is 2.12 bits per heavy atom. The van der Waals surface area contributed by atoms with Crippen LogP contribution >= 0.6 is 48.0 Å². The molecular formula is C17H19Cl4N3O2. The summed E-state index contributed by atoms with van der Waals surface area (Å²) in [7, 11) is 0. The third kappa shape index (κ3) is 5.89. The summed E-state index contributed by atoms with van der Waals surface area (Å²) in [4.78, 5) is 16.6. The number of nitrogens with one attached hydrogen (secondary N) is 2. The molecule has 1 aromatic carbocycles. The van der Waals surface area contributed by atoms with E-state index in [0.717, 1.165) is 19.4 Å². The fraction of sp³-hybridized carbons (Fsp3) is 0.294. The molecule has 1 unspecified atom stereocenters. The molecule has 0 saturated carbocycles. The number of amides is 1. The molecule has 1 fully saturated rings. The first-order chi connectivity index (χ1) is 11.6. The van der Waals surface area contributed by atoms with Gasteiger partial charge in [0.05, 0.1) is 5.02 Å². The SMILES string of the molecule is Cl.Cl.O=C(NCC1CCCN1)c1cccnc1Oc1ccc(Cl)cc1Cl. The Labute approximate surface area is 174 Å². The molecule has 1 aromatic heterocycles. The molecule has 142 valence electrons. The first-order valence-electron chi connectivity index (χ1n) is 7.73. The lowest BCUT2D eigenvalue weighted by atomic mass is 10.2. The number of carbonyl (C=O) groups excluding carboxylic acids is 1.